The van der Waals surface area contributed by atoms with E-state index in [9.17, 15) is 9.59 Å². The lowest BCUT2D eigenvalue weighted by molar-refractivity contribution is -0.152. The number of ether oxygens (including phenoxy) is 1. The van der Waals surface area contributed by atoms with E-state index in [0.717, 1.165) is 24.8 Å². The molecule has 1 heterocycles. The number of hydrogen-bond acceptors (Lipinski definition) is 4. The van der Waals surface area contributed by atoms with E-state index in [-0.39, 0.29) is 29.9 Å². The van der Waals surface area contributed by atoms with Crippen LogP contribution in [0.4, 0.5) is 0 Å². The van der Waals surface area contributed by atoms with Crippen molar-refractivity contribution in [2.24, 2.45) is 5.92 Å². The Morgan fingerprint density at radius 2 is 1.92 bits per heavy atom. The summed E-state index contributed by atoms with van der Waals surface area (Å²) in [4.78, 5) is 27.3. The molecule has 3 atom stereocenters. The molecule has 0 radical (unpaired) electrons. The standard InChI is InChI=1S/C19H25ClN2O3/c1-19(18(24)25-3)11-15(17(23)21-14-5-4-6-14)16(22(19)2)12-7-9-13(20)10-8-12/h7-10,14-16H,4-6,11H2,1-3H3,(H,21,23)/t15-,16-,19-/m0/s1. The number of halogens is 1. The van der Waals surface area contributed by atoms with Crippen LogP contribution in [0.15, 0.2) is 24.3 Å². The first-order valence-electron chi connectivity index (χ1n) is 8.74. The van der Waals surface area contributed by atoms with E-state index in [0.29, 0.717) is 11.4 Å². The number of hydrogen-bond donors (Lipinski definition) is 1. The Bertz CT molecular complexity index is 659. The van der Waals surface area contributed by atoms with Crippen molar-refractivity contribution in [3.63, 3.8) is 0 Å². The van der Waals surface area contributed by atoms with Gasteiger partial charge in [-0.1, -0.05) is 23.7 Å². The van der Waals surface area contributed by atoms with Crippen molar-refractivity contribution in [1.82, 2.24) is 10.2 Å². The van der Waals surface area contributed by atoms with Crippen molar-refractivity contribution in [3.05, 3.63) is 34.9 Å². The number of likely N-dealkylation sites (N-methyl/N-ethyl adjacent to an activating group) is 1. The molecular weight excluding hydrogens is 340 g/mol. The average molecular weight is 365 g/mol. The van der Waals surface area contributed by atoms with Crippen LogP contribution in [-0.2, 0) is 14.3 Å². The Balaban J connectivity index is 1.92. The highest BCUT2D eigenvalue weighted by Crippen LogP contribution is 2.46. The third-order valence-corrected chi connectivity index (χ3v) is 6.07. The minimum atomic E-state index is -0.833. The molecule has 3 rings (SSSR count). The average Bonchev–Trinajstić information content (AvgIpc) is 2.84. The number of likely N-dealkylation sites (tertiary alicyclic amines) is 1. The molecule has 1 aliphatic heterocycles. The van der Waals surface area contributed by atoms with Crippen LogP contribution < -0.4 is 5.32 Å². The van der Waals surface area contributed by atoms with Gasteiger partial charge in [0.25, 0.3) is 0 Å². The monoisotopic (exact) mass is 364 g/mol. The zero-order chi connectivity index (χ0) is 18.2. The fourth-order valence-corrected chi connectivity index (χ4v) is 4.05. The molecule has 2 fully saturated rings. The van der Waals surface area contributed by atoms with Gasteiger partial charge in [0.05, 0.1) is 13.0 Å². The molecule has 1 N–H and O–H groups in total. The van der Waals surface area contributed by atoms with Gasteiger partial charge in [0.1, 0.15) is 5.54 Å². The zero-order valence-electron chi connectivity index (χ0n) is 14.9. The van der Waals surface area contributed by atoms with Crippen LogP contribution in [0.25, 0.3) is 0 Å². The highest BCUT2D eigenvalue weighted by molar-refractivity contribution is 6.30. The van der Waals surface area contributed by atoms with Crippen molar-refractivity contribution < 1.29 is 14.3 Å². The molecule has 0 unspecified atom stereocenters. The van der Waals surface area contributed by atoms with Gasteiger partial charge in [-0.3, -0.25) is 14.5 Å². The molecule has 5 nitrogen and oxygen atoms in total. The topological polar surface area (TPSA) is 58.6 Å². The molecule has 1 aliphatic carbocycles. The van der Waals surface area contributed by atoms with Crippen LogP contribution in [0.3, 0.4) is 0 Å². The maximum absolute atomic E-state index is 12.9. The molecule has 25 heavy (non-hydrogen) atoms. The first-order chi connectivity index (χ1) is 11.9. The van der Waals surface area contributed by atoms with Crippen molar-refractivity contribution in [2.45, 2.75) is 50.2 Å². The first kappa shape index (κ1) is 18.2. The third kappa shape index (κ3) is 3.27. The van der Waals surface area contributed by atoms with Gasteiger partial charge in [-0.2, -0.15) is 0 Å². The maximum Gasteiger partial charge on any atom is 0.326 e. The summed E-state index contributed by atoms with van der Waals surface area (Å²) in [6, 6.07) is 7.57. The van der Waals surface area contributed by atoms with Crippen LogP contribution in [0.5, 0.6) is 0 Å². The second-order valence-electron chi connectivity index (χ2n) is 7.32. The third-order valence-electron chi connectivity index (χ3n) is 5.82. The van der Waals surface area contributed by atoms with Gasteiger partial charge in [-0.05, 0) is 57.4 Å². The van der Waals surface area contributed by atoms with E-state index in [1.165, 1.54) is 7.11 Å². The molecule has 1 saturated carbocycles. The Labute approximate surface area is 153 Å². The number of nitrogens with one attached hydrogen (secondary N) is 1. The smallest absolute Gasteiger partial charge is 0.326 e. The Morgan fingerprint density at radius 1 is 1.28 bits per heavy atom. The number of benzene rings is 1. The molecule has 1 aromatic carbocycles. The fourth-order valence-electron chi connectivity index (χ4n) is 3.92. The first-order valence-corrected chi connectivity index (χ1v) is 9.12. The van der Waals surface area contributed by atoms with E-state index in [1.54, 1.807) is 0 Å². The van der Waals surface area contributed by atoms with Crippen molar-refractivity contribution in [3.8, 4) is 0 Å². The van der Waals surface area contributed by atoms with E-state index in [4.69, 9.17) is 16.3 Å². The molecule has 1 aromatic rings. The molecule has 2 aliphatic rings. The van der Waals surface area contributed by atoms with Crippen LogP contribution in [0, 0.1) is 5.92 Å². The van der Waals surface area contributed by atoms with Gasteiger partial charge in [0.2, 0.25) is 5.91 Å². The second kappa shape index (κ2) is 6.96. The Kier molecular flexibility index (Phi) is 5.07. The number of nitrogens with zero attached hydrogens (tertiary/aromatic N) is 1. The lowest BCUT2D eigenvalue weighted by Crippen LogP contribution is -2.47. The number of esters is 1. The second-order valence-corrected chi connectivity index (χ2v) is 7.76. The van der Waals surface area contributed by atoms with Crippen molar-refractivity contribution in [1.29, 1.82) is 0 Å². The Hall–Kier alpha value is -1.59. The summed E-state index contributed by atoms with van der Waals surface area (Å²) in [5.74, 6) is -0.604. The molecule has 0 aromatic heterocycles. The van der Waals surface area contributed by atoms with Crippen LogP contribution >= 0.6 is 11.6 Å². The van der Waals surface area contributed by atoms with Crippen LogP contribution in [0.2, 0.25) is 5.02 Å². The quantitative estimate of drug-likeness (QED) is 0.834. The summed E-state index contributed by atoms with van der Waals surface area (Å²) in [7, 11) is 3.27. The number of methoxy groups -OCH3 is 1. The SMILES string of the molecule is COC(=O)[C@]1(C)C[C@H](C(=O)NC2CCC2)[C@H](c2ccc(Cl)cc2)N1C. The summed E-state index contributed by atoms with van der Waals surface area (Å²) in [5, 5.41) is 3.79. The normalized spacial score (nSPS) is 29.9. The number of carbonyl (C=O) groups is 2. The van der Waals surface area contributed by atoms with E-state index in [2.05, 4.69) is 5.32 Å². The largest absolute Gasteiger partial charge is 0.468 e. The van der Waals surface area contributed by atoms with Gasteiger partial charge < -0.3 is 10.1 Å². The number of amides is 1. The summed E-state index contributed by atoms with van der Waals surface area (Å²) in [6.45, 7) is 1.85. The van der Waals surface area contributed by atoms with Gasteiger partial charge >= 0.3 is 5.97 Å². The minimum Gasteiger partial charge on any atom is -0.468 e. The van der Waals surface area contributed by atoms with Gasteiger partial charge in [-0.25, -0.2) is 0 Å². The lowest BCUT2D eigenvalue weighted by Gasteiger charge is -2.33. The van der Waals surface area contributed by atoms with Gasteiger partial charge in [-0.15, -0.1) is 0 Å². The predicted octanol–water partition coefficient (Wildman–Crippen LogP) is 2.93. The zero-order valence-corrected chi connectivity index (χ0v) is 15.7. The van der Waals surface area contributed by atoms with E-state index in [1.807, 2.05) is 43.1 Å². The molecule has 1 saturated heterocycles. The predicted molar refractivity (Wildman–Crippen MR) is 96.3 cm³/mol. The molecule has 6 heteroatoms. The summed E-state index contributed by atoms with van der Waals surface area (Å²) >= 11 is 6.01. The highest BCUT2D eigenvalue weighted by Gasteiger charge is 2.55. The molecule has 0 bridgehead atoms. The van der Waals surface area contributed by atoms with Crippen molar-refractivity contribution >= 4 is 23.5 Å². The Morgan fingerprint density at radius 3 is 2.44 bits per heavy atom. The molecular formula is C19H25ClN2O3. The summed E-state index contributed by atoms with van der Waals surface area (Å²) in [6.07, 6.45) is 3.67. The van der Waals surface area contributed by atoms with Crippen molar-refractivity contribution in [2.75, 3.05) is 14.2 Å². The van der Waals surface area contributed by atoms with Gasteiger partial charge in [0, 0.05) is 17.1 Å². The minimum absolute atomic E-state index is 0.0177. The van der Waals surface area contributed by atoms with Crippen LogP contribution in [0.1, 0.15) is 44.2 Å². The fraction of sp³-hybridized carbons (Fsp3) is 0.579. The van der Waals surface area contributed by atoms with E-state index >= 15 is 0 Å². The number of rotatable bonds is 4. The molecule has 136 valence electrons. The van der Waals surface area contributed by atoms with E-state index < -0.39 is 5.54 Å². The van der Waals surface area contributed by atoms with Gasteiger partial charge in [0.15, 0.2) is 0 Å². The number of carbonyl (C=O) groups excluding carboxylic acids is 2. The summed E-state index contributed by atoms with van der Waals surface area (Å²) in [5.41, 5.74) is 0.147. The van der Waals surface area contributed by atoms with Crippen LogP contribution in [-0.4, -0.2) is 42.5 Å². The summed E-state index contributed by atoms with van der Waals surface area (Å²) < 4.78 is 5.02. The lowest BCUT2D eigenvalue weighted by atomic mass is 9.87. The molecule has 0 spiro atoms. The highest BCUT2D eigenvalue weighted by atomic mass is 35.5. The maximum atomic E-state index is 12.9. The molecule has 1 amide bonds.